The number of rotatable bonds is 9. The highest BCUT2D eigenvalue weighted by atomic mass is 32.2. The molecule has 220 valence electrons. The van der Waals surface area contributed by atoms with Gasteiger partial charge in [0.1, 0.15) is 0 Å². The second-order valence-corrected chi connectivity index (χ2v) is 12.6. The Morgan fingerprint density at radius 2 is 1.30 bits per heavy atom. The summed E-state index contributed by atoms with van der Waals surface area (Å²) in [7, 11) is -4.05. The van der Waals surface area contributed by atoms with Gasteiger partial charge in [-0.3, -0.25) is 0 Å². The molecular formula is C38H33NO4S. The average molecular weight is 600 g/mol. The van der Waals surface area contributed by atoms with Crippen molar-refractivity contribution in [3.8, 4) is 11.1 Å². The first-order valence-electron chi connectivity index (χ1n) is 14.7. The van der Waals surface area contributed by atoms with Gasteiger partial charge in [-0.1, -0.05) is 109 Å². The maximum atomic E-state index is 14.7. The number of fused-ring (bicyclic) bond motifs is 1. The molecule has 0 amide bonds. The molecule has 0 fully saturated rings. The van der Waals surface area contributed by atoms with Gasteiger partial charge >= 0.3 is 5.97 Å². The van der Waals surface area contributed by atoms with Crippen molar-refractivity contribution in [3.63, 3.8) is 0 Å². The monoisotopic (exact) mass is 599 g/mol. The molecule has 6 aromatic rings. The topological polar surface area (TPSA) is 65.4 Å². The predicted octanol–water partition coefficient (Wildman–Crippen LogP) is 8.21. The Balaban J connectivity index is 1.75. The first-order valence-corrected chi connectivity index (χ1v) is 16.1. The molecule has 0 atom stereocenters. The third-order valence-corrected chi connectivity index (χ3v) is 9.56. The van der Waals surface area contributed by atoms with Gasteiger partial charge in [0.25, 0.3) is 10.0 Å². The Labute approximate surface area is 258 Å². The van der Waals surface area contributed by atoms with E-state index in [0.717, 1.165) is 27.8 Å². The summed E-state index contributed by atoms with van der Waals surface area (Å²) in [5.74, 6) is -0.434. The summed E-state index contributed by atoms with van der Waals surface area (Å²) in [4.78, 5) is 13.8. The van der Waals surface area contributed by atoms with E-state index >= 15 is 0 Å². The van der Waals surface area contributed by atoms with Gasteiger partial charge in [-0.15, -0.1) is 0 Å². The molecular weight excluding hydrogens is 566 g/mol. The van der Waals surface area contributed by atoms with Crippen LogP contribution in [0.3, 0.4) is 0 Å². The third kappa shape index (κ3) is 5.69. The van der Waals surface area contributed by atoms with Crippen molar-refractivity contribution < 1.29 is 17.9 Å². The molecule has 5 aromatic carbocycles. The average Bonchev–Trinajstić information content (AvgIpc) is 3.40. The van der Waals surface area contributed by atoms with Gasteiger partial charge in [0.2, 0.25) is 0 Å². The van der Waals surface area contributed by atoms with Crippen LogP contribution in [0, 0.1) is 6.92 Å². The van der Waals surface area contributed by atoms with Gasteiger partial charge in [0.15, 0.2) is 0 Å². The smallest absolute Gasteiger partial charge is 0.338 e. The van der Waals surface area contributed by atoms with E-state index in [4.69, 9.17) is 4.74 Å². The maximum absolute atomic E-state index is 14.7. The summed E-state index contributed by atoms with van der Waals surface area (Å²) in [5, 5.41) is 0.658. The predicted molar refractivity (Wildman–Crippen MR) is 176 cm³/mol. The van der Waals surface area contributed by atoms with Gasteiger partial charge in [-0.25, -0.2) is 17.2 Å². The van der Waals surface area contributed by atoms with Gasteiger partial charge in [0, 0.05) is 23.1 Å². The number of aromatic nitrogens is 1. The normalized spacial score (nSPS) is 11.5. The third-order valence-electron chi connectivity index (χ3n) is 7.79. The summed E-state index contributed by atoms with van der Waals surface area (Å²) >= 11 is 0. The highest BCUT2D eigenvalue weighted by molar-refractivity contribution is 7.90. The van der Waals surface area contributed by atoms with Crippen LogP contribution in [0.25, 0.3) is 22.0 Å². The van der Waals surface area contributed by atoms with E-state index in [2.05, 4.69) is 0 Å². The van der Waals surface area contributed by atoms with Gasteiger partial charge < -0.3 is 4.74 Å². The van der Waals surface area contributed by atoms with Crippen LogP contribution in [0.1, 0.15) is 45.2 Å². The van der Waals surface area contributed by atoms with Crippen LogP contribution >= 0.6 is 0 Å². The lowest BCUT2D eigenvalue weighted by Crippen LogP contribution is -2.17. The van der Waals surface area contributed by atoms with Crippen molar-refractivity contribution in [2.75, 3.05) is 6.61 Å². The number of aryl methyl sites for hydroxylation is 1. The quantitative estimate of drug-likeness (QED) is 0.157. The second kappa shape index (κ2) is 12.3. The number of esters is 1. The highest BCUT2D eigenvalue weighted by Crippen LogP contribution is 2.40. The lowest BCUT2D eigenvalue weighted by molar-refractivity contribution is 0.0525. The molecule has 0 saturated heterocycles. The summed E-state index contributed by atoms with van der Waals surface area (Å²) in [5.41, 5.74) is 6.77. The Kier molecular flexibility index (Phi) is 8.18. The molecule has 0 N–H and O–H groups in total. The molecule has 1 heterocycles. The van der Waals surface area contributed by atoms with Crippen LogP contribution < -0.4 is 0 Å². The van der Waals surface area contributed by atoms with Crippen molar-refractivity contribution in [1.82, 2.24) is 3.97 Å². The Morgan fingerprint density at radius 3 is 1.89 bits per heavy atom. The fourth-order valence-corrected chi connectivity index (χ4v) is 7.31. The van der Waals surface area contributed by atoms with Gasteiger partial charge in [0.05, 0.1) is 22.6 Å². The van der Waals surface area contributed by atoms with E-state index in [-0.39, 0.29) is 11.5 Å². The number of nitrogens with zero attached hydrogens (tertiary/aromatic N) is 1. The molecule has 0 radical (unpaired) electrons. The van der Waals surface area contributed by atoms with Crippen LogP contribution in [0.4, 0.5) is 0 Å². The SMILES string of the molecule is CCOC(=O)c1cc2cc(Cc3ccccc3)n(S(=O)(=O)c3ccc(C)cc3)c2c(-c2ccccc2)c1Cc1ccccc1. The minimum Gasteiger partial charge on any atom is -0.462 e. The molecule has 0 aliphatic carbocycles. The number of carbonyl (C=O) groups is 1. The van der Waals surface area contributed by atoms with E-state index in [9.17, 15) is 13.2 Å². The fourth-order valence-electron chi connectivity index (χ4n) is 5.75. The molecule has 6 rings (SSSR count). The van der Waals surface area contributed by atoms with E-state index in [1.807, 2.05) is 116 Å². The van der Waals surface area contributed by atoms with Crippen molar-refractivity contribution in [1.29, 1.82) is 0 Å². The molecule has 0 spiro atoms. The van der Waals surface area contributed by atoms with Gasteiger partial charge in [-0.2, -0.15) is 0 Å². The number of hydrogen-bond acceptors (Lipinski definition) is 4. The zero-order valence-corrected chi connectivity index (χ0v) is 25.6. The van der Waals surface area contributed by atoms with Crippen molar-refractivity contribution in [2.45, 2.75) is 31.6 Å². The van der Waals surface area contributed by atoms with E-state index in [1.54, 1.807) is 25.1 Å². The standard InChI is InChI=1S/C38H33NO4S/c1-3-43-38(40)35-26-31-25-32(23-28-13-7-4-8-14-28)39(44(41,42)33-21-19-27(2)20-22-33)37(31)36(30-17-11-6-12-18-30)34(35)24-29-15-9-5-10-16-29/h4-22,25-26H,3,23-24H2,1-2H3. The molecule has 0 bridgehead atoms. The Morgan fingerprint density at radius 1 is 0.727 bits per heavy atom. The van der Waals surface area contributed by atoms with Crippen LogP contribution in [-0.4, -0.2) is 25.0 Å². The summed E-state index contributed by atoms with van der Waals surface area (Å²) in [6.45, 7) is 3.95. The van der Waals surface area contributed by atoms with Crippen molar-refractivity contribution in [2.24, 2.45) is 0 Å². The summed E-state index contributed by atoms with van der Waals surface area (Å²) < 4.78 is 36.4. The molecule has 0 saturated carbocycles. The van der Waals surface area contributed by atoms with E-state index in [0.29, 0.717) is 40.6 Å². The first-order chi connectivity index (χ1) is 21.4. The lowest BCUT2D eigenvalue weighted by atomic mass is 9.89. The molecule has 5 nitrogen and oxygen atoms in total. The highest BCUT2D eigenvalue weighted by Gasteiger charge is 2.29. The fraction of sp³-hybridized carbons (Fsp3) is 0.132. The molecule has 1 aromatic heterocycles. The summed E-state index contributed by atoms with van der Waals surface area (Å²) in [6, 6.07) is 40.1. The number of ether oxygens (including phenoxy) is 1. The lowest BCUT2D eigenvalue weighted by Gasteiger charge is -2.20. The molecule has 6 heteroatoms. The number of hydrogen-bond donors (Lipinski definition) is 0. The van der Waals surface area contributed by atoms with E-state index in [1.165, 1.54) is 3.97 Å². The Hall–Kier alpha value is -4.94. The first kappa shape index (κ1) is 29.1. The molecule has 0 unspecified atom stereocenters. The largest absolute Gasteiger partial charge is 0.462 e. The minimum atomic E-state index is -4.05. The zero-order chi connectivity index (χ0) is 30.7. The van der Waals surface area contributed by atoms with Crippen molar-refractivity contribution >= 4 is 26.9 Å². The Bertz CT molecular complexity index is 2030. The molecule has 44 heavy (non-hydrogen) atoms. The van der Waals surface area contributed by atoms with Gasteiger partial charge in [-0.05, 0) is 66.8 Å². The van der Waals surface area contributed by atoms with E-state index < -0.39 is 16.0 Å². The maximum Gasteiger partial charge on any atom is 0.338 e. The minimum absolute atomic E-state index is 0.202. The number of benzene rings is 5. The second-order valence-electron chi connectivity index (χ2n) is 10.8. The van der Waals surface area contributed by atoms with Crippen LogP contribution in [0.2, 0.25) is 0 Å². The van der Waals surface area contributed by atoms with Crippen LogP contribution in [0.5, 0.6) is 0 Å². The van der Waals surface area contributed by atoms with Crippen LogP contribution in [-0.2, 0) is 27.6 Å². The molecule has 0 aliphatic rings. The number of carbonyl (C=O) groups excluding carboxylic acids is 1. The van der Waals surface area contributed by atoms with Crippen LogP contribution in [0.15, 0.2) is 132 Å². The zero-order valence-electron chi connectivity index (χ0n) is 24.7. The summed E-state index contributed by atoms with van der Waals surface area (Å²) in [6.07, 6.45) is 0.802. The molecule has 0 aliphatic heterocycles. The van der Waals surface area contributed by atoms with Crippen molar-refractivity contribution in [3.05, 3.63) is 161 Å².